The van der Waals surface area contributed by atoms with E-state index < -0.39 is 11.9 Å². The summed E-state index contributed by atoms with van der Waals surface area (Å²) in [6.07, 6.45) is 5.45. The highest BCUT2D eigenvalue weighted by Crippen LogP contribution is 2.30. The number of nitrogens with zero attached hydrogens (tertiary/aromatic N) is 1. The first-order chi connectivity index (χ1) is 10.6. The SMILES string of the molecule is O=C(O)C(=O)Nc1ccnc(C2=Cc3ccccc3CC2)c1. The van der Waals surface area contributed by atoms with Gasteiger partial charge in [0, 0.05) is 11.9 Å². The van der Waals surface area contributed by atoms with Crippen LogP contribution in [0.4, 0.5) is 5.69 Å². The van der Waals surface area contributed by atoms with Gasteiger partial charge in [-0.1, -0.05) is 24.3 Å². The Morgan fingerprint density at radius 3 is 2.77 bits per heavy atom. The normalized spacial score (nSPS) is 13.0. The van der Waals surface area contributed by atoms with Crippen LogP contribution < -0.4 is 5.32 Å². The van der Waals surface area contributed by atoms with Crippen LogP contribution in [-0.2, 0) is 16.0 Å². The molecule has 1 aliphatic rings. The number of carbonyl (C=O) groups is 2. The van der Waals surface area contributed by atoms with Gasteiger partial charge in [0.2, 0.25) is 0 Å². The number of carboxylic acid groups (broad SMARTS) is 1. The molecular formula is C17H14N2O3. The van der Waals surface area contributed by atoms with Crippen LogP contribution in [0, 0.1) is 0 Å². The zero-order valence-corrected chi connectivity index (χ0v) is 11.7. The van der Waals surface area contributed by atoms with Gasteiger partial charge in [0.15, 0.2) is 0 Å². The first kappa shape index (κ1) is 14.0. The molecule has 22 heavy (non-hydrogen) atoms. The van der Waals surface area contributed by atoms with Crippen molar-refractivity contribution < 1.29 is 14.7 Å². The summed E-state index contributed by atoms with van der Waals surface area (Å²) in [7, 11) is 0. The molecule has 1 amide bonds. The molecule has 0 radical (unpaired) electrons. The molecule has 0 fully saturated rings. The van der Waals surface area contributed by atoms with E-state index in [1.807, 2.05) is 12.1 Å². The van der Waals surface area contributed by atoms with Crippen molar-refractivity contribution >= 4 is 29.2 Å². The Labute approximate surface area is 127 Å². The fourth-order valence-electron chi connectivity index (χ4n) is 2.50. The number of amides is 1. The number of carboxylic acids is 1. The van der Waals surface area contributed by atoms with Gasteiger partial charge in [0.1, 0.15) is 0 Å². The number of aromatic nitrogens is 1. The third kappa shape index (κ3) is 2.88. The first-order valence-corrected chi connectivity index (χ1v) is 6.92. The van der Waals surface area contributed by atoms with Crippen LogP contribution in [0.3, 0.4) is 0 Å². The van der Waals surface area contributed by atoms with Crippen LogP contribution in [0.2, 0.25) is 0 Å². The fraction of sp³-hybridized carbons (Fsp3) is 0.118. The monoisotopic (exact) mass is 294 g/mol. The fourth-order valence-corrected chi connectivity index (χ4v) is 2.50. The molecule has 0 aliphatic heterocycles. The number of pyridine rings is 1. The predicted octanol–water partition coefficient (Wildman–Crippen LogP) is 2.59. The summed E-state index contributed by atoms with van der Waals surface area (Å²) >= 11 is 0. The molecule has 2 N–H and O–H groups in total. The Balaban J connectivity index is 1.89. The summed E-state index contributed by atoms with van der Waals surface area (Å²) < 4.78 is 0. The summed E-state index contributed by atoms with van der Waals surface area (Å²) in [5.74, 6) is -2.57. The standard InChI is InChI=1S/C17H14N2O3/c20-16(17(21)22)19-14-7-8-18-15(10-14)13-6-5-11-3-1-2-4-12(11)9-13/h1-4,7-10H,5-6H2,(H,21,22)(H,18,19,20). The molecule has 5 nitrogen and oxygen atoms in total. The number of hydrogen-bond acceptors (Lipinski definition) is 3. The van der Waals surface area contributed by atoms with Gasteiger partial charge in [0.25, 0.3) is 0 Å². The Morgan fingerprint density at radius 1 is 1.14 bits per heavy atom. The first-order valence-electron chi connectivity index (χ1n) is 6.92. The van der Waals surface area contributed by atoms with E-state index in [-0.39, 0.29) is 0 Å². The Bertz CT molecular complexity index is 781. The van der Waals surface area contributed by atoms with E-state index in [1.54, 1.807) is 18.3 Å². The van der Waals surface area contributed by atoms with Crippen molar-refractivity contribution in [3.05, 3.63) is 59.4 Å². The molecule has 0 spiro atoms. The molecule has 5 heteroatoms. The maximum Gasteiger partial charge on any atom is 0.394 e. The summed E-state index contributed by atoms with van der Waals surface area (Å²) in [4.78, 5) is 26.1. The summed E-state index contributed by atoms with van der Waals surface area (Å²) in [6.45, 7) is 0. The van der Waals surface area contributed by atoms with Gasteiger partial charge in [-0.3, -0.25) is 9.78 Å². The maximum absolute atomic E-state index is 11.2. The number of anilines is 1. The molecule has 1 heterocycles. The topological polar surface area (TPSA) is 79.3 Å². The van der Waals surface area contributed by atoms with Gasteiger partial charge in [-0.05, 0) is 47.8 Å². The van der Waals surface area contributed by atoms with E-state index in [1.165, 1.54) is 11.1 Å². The highest BCUT2D eigenvalue weighted by molar-refractivity contribution is 6.36. The van der Waals surface area contributed by atoms with Crippen molar-refractivity contribution in [3.63, 3.8) is 0 Å². The molecular weight excluding hydrogens is 280 g/mol. The highest BCUT2D eigenvalue weighted by Gasteiger charge is 2.14. The molecule has 110 valence electrons. The molecule has 2 aromatic rings. The molecule has 3 rings (SSSR count). The highest BCUT2D eigenvalue weighted by atomic mass is 16.4. The number of aliphatic carboxylic acids is 1. The summed E-state index contributed by atoms with van der Waals surface area (Å²) in [6, 6.07) is 11.5. The zero-order chi connectivity index (χ0) is 15.5. The summed E-state index contributed by atoms with van der Waals surface area (Å²) in [5.41, 5.74) is 4.73. The van der Waals surface area contributed by atoms with E-state index in [0.717, 1.165) is 24.1 Å². The minimum atomic E-state index is -1.51. The Kier molecular flexibility index (Phi) is 3.70. The van der Waals surface area contributed by atoms with Crippen LogP contribution >= 0.6 is 0 Å². The minimum absolute atomic E-state index is 0.428. The van der Waals surface area contributed by atoms with E-state index in [9.17, 15) is 9.59 Å². The van der Waals surface area contributed by atoms with Gasteiger partial charge < -0.3 is 10.4 Å². The quantitative estimate of drug-likeness (QED) is 0.834. The van der Waals surface area contributed by atoms with E-state index >= 15 is 0 Å². The van der Waals surface area contributed by atoms with Gasteiger partial charge >= 0.3 is 11.9 Å². The zero-order valence-electron chi connectivity index (χ0n) is 11.7. The number of benzene rings is 1. The Hall–Kier alpha value is -2.95. The average molecular weight is 294 g/mol. The van der Waals surface area contributed by atoms with Crippen LogP contribution in [0.5, 0.6) is 0 Å². The number of allylic oxidation sites excluding steroid dienone is 1. The van der Waals surface area contributed by atoms with Crippen molar-refractivity contribution in [1.82, 2.24) is 4.98 Å². The van der Waals surface area contributed by atoms with Crippen LogP contribution in [0.25, 0.3) is 11.6 Å². The van der Waals surface area contributed by atoms with Crippen molar-refractivity contribution in [3.8, 4) is 0 Å². The number of fused-ring (bicyclic) bond motifs is 1. The third-order valence-electron chi connectivity index (χ3n) is 3.59. The lowest BCUT2D eigenvalue weighted by atomic mass is 9.90. The van der Waals surface area contributed by atoms with E-state index in [4.69, 9.17) is 5.11 Å². The third-order valence-corrected chi connectivity index (χ3v) is 3.59. The molecule has 0 saturated carbocycles. The molecule has 0 atom stereocenters. The van der Waals surface area contributed by atoms with E-state index in [2.05, 4.69) is 28.5 Å². The molecule has 0 unspecified atom stereocenters. The second-order valence-electron chi connectivity index (χ2n) is 5.06. The number of carbonyl (C=O) groups excluding carboxylic acids is 1. The van der Waals surface area contributed by atoms with Crippen molar-refractivity contribution in [2.75, 3.05) is 5.32 Å². The summed E-state index contributed by atoms with van der Waals surface area (Å²) in [5, 5.41) is 11.0. The number of aryl methyl sites for hydroxylation is 1. The number of nitrogens with one attached hydrogen (secondary N) is 1. The average Bonchev–Trinajstić information content (AvgIpc) is 2.54. The smallest absolute Gasteiger partial charge is 0.394 e. The lowest BCUT2D eigenvalue weighted by molar-refractivity contribution is -0.147. The molecule has 0 saturated heterocycles. The van der Waals surface area contributed by atoms with E-state index in [0.29, 0.717) is 5.69 Å². The van der Waals surface area contributed by atoms with Crippen LogP contribution in [0.15, 0.2) is 42.6 Å². The maximum atomic E-state index is 11.2. The van der Waals surface area contributed by atoms with Gasteiger partial charge in [0.05, 0.1) is 5.69 Å². The lowest BCUT2D eigenvalue weighted by Crippen LogP contribution is -2.21. The second kappa shape index (κ2) is 5.81. The lowest BCUT2D eigenvalue weighted by Gasteiger charge is -2.16. The van der Waals surface area contributed by atoms with Crippen LogP contribution in [0.1, 0.15) is 23.2 Å². The molecule has 0 bridgehead atoms. The van der Waals surface area contributed by atoms with Crippen molar-refractivity contribution in [1.29, 1.82) is 0 Å². The van der Waals surface area contributed by atoms with Gasteiger partial charge in [-0.2, -0.15) is 0 Å². The number of hydrogen-bond donors (Lipinski definition) is 2. The molecule has 1 aliphatic carbocycles. The van der Waals surface area contributed by atoms with Gasteiger partial charge in [-0.15, -0.1) is 0 Å². The molecule has 1 aromatic heterocycles. The van der Waals surface area contributed by atoms with Crippen molar-refractivity contribution in [2.24, 2.45) is 0 Å². The predicted molar refractivity (Wildman–Crippen MR) is 83.1 cm³/mol. The van der Waals surface area contributed by atoms with Crippen LogP contribution in [-0.4, -0.2) is 22.0 Å². The number of rotatable bonds is 2. The minimum Gasteiger partial charge on any atom is -0.474 e. The van der Waals surface area contributed by atoms with Crippen molar-refractivity contribution in [2.45, 2.75) is 12.8 Å². The van der Waals surface area contributed by atoms with Gasteiger partial charge in [-0.25, -0.2) is 4.79 Å². The molecule has 1 aromatic carbocycles. The Morgan fingerprint density at radius 2 is 1.95 bits per heavy atom. The largest absolute Gasteiger partial charge is 0.474 e. The second-order valence-corrected chi connectivity index (χ2v) is 5.06.